The van der Waals surface area contributed by atoms with Crippen molar-refractivity contribution in [3.05, 3.63) is 33.8 Å². The number of benzene rings is 1. The van der Waals surface area contributed by atoms with Gasteiger partial charge in [-0.2, -0.15) is 0 Å². The zero-order valence-electron chi connectivity index (χ0n) is 8.87. The van der Waals surface area contributed by atoms with Crippen LogP contribution in [0.2, 0.25) is 10.0 Å². The Morgan fingerprint density at radius 2 is 2.19 bits per heavy atom. The van der Waals surface area contributed by atoms with E-state index in [9.17, 15) is 0 Å². The lowest BCUT2D eigenvalue weighted by atomic mass is 10.1. The van der Waals surface area contributed by atoms with Gasteiger partial charge in [0.2, 0.25) is 0 Å². The highest BCUT2D eigenvalue weighted by atomic mass is 35.5. The van der Waals surface area contributed by atoms with Crippen LogP contribution in [0.4, 0.5) is 0 Å². The second-order valence-corrected chi connectivity index (χ2v) is 4.68. The molecule has 0 bridgehead atoms. The summed E-state index contributed by atoms with van der Waals surface area (Å²) in [6.45, 7) is 2.78. The molecular weight excluding hydrogens is 249 g/mol. The highest BCUT2D eigenvalue weighted by Gasteiger charge is 2.38. The lowest BCUT2D eigenvalue weighted by molar-refractivity contribution is -0.160. The molecule has 5 heteroatoms. The second-order valence-electron chi connectivity index (χ2n) is 3.86. The standard InChI is InChI=1S/C11H13Cl2NO2/c1-11(15-6-8(5-14)16-11)7-2-3-9(12)10(13)4-7/h2-4,8H,5-6,14H2,1H3. The Morgan fingerprint density at radius 1 is 1.44 bits per heavy atom. The summed E-state index contributed by atoms with van der Waals surface area (Å²) in [5, 5.41) is 1.01. The molecule has 0 aromatic heterocycles. The molecule has 2 rings (SSSR count). The van der Waals surface area contributed by atoms with Gasteiger partial charge in [-0.1, -0.05) is 29.3 Å². The quantitative estimate of drug-likeness (QED) is 0.890. The van der Waals surface area contributed by atoms with E-state index >= 15 is 0 Å². The molecule has 2 atom stereocenters. The van der Waals surface area contributed by atoms with E-state index in [1.54, 1.807) is 12.1 Å². The molecule has 0 amide bonds. The predicted molar refractivity (Wildman–Crippen MR) is 63.7 cm³/mol. The van der Waals surface area contributed by atoms with Crippen LogP contribution in [-0.4, -0.2) is 19.3 Å². The van der Waals surface area contributed by atoms with Gasteiger partial charge in [0.05, 0.1) is 22.8 Å². The molecule has 1 fully saturated rings. The van der Waals surface area contributed by atoms with Gasteiger partial charge in [-0.3, -0.25) is 0 Å². The summed E-state index contributed by atoms with van der Waals surface area (Å²) in [7, 11) is 0. The fraction of sp³-hybridized carbons (Fsp3) is 0.455. The molecule has 16 heavy (non-hydrogen) atoms. The summed E-state index contributed by atoms with van der Waals surface area (Å²) in [6, 6.07) is 5.32. The van der Waals surface area contributed by atoms with Crippen molar-refractivity contribution in [3.8, 4) is 0 Å². The van der Waals surface area contributed by atoms with Gasteiger partial charge < -0.3 is 15.2 Å². The first-order valence-corrected chi connectivity index (χ1v) is 5.78. The monoisotopic (exact) mass is 261 g/mol. The van der Waals surface area contributed by atoms with Crippen molar-refractivity contribution in [2.24, 2.45) is 5.73 Å². The van der Waals surface area contributed by atoms with Crippen LogP contribution < -0.4 is 5.73 Å². The molecule has 1 aromatic carbocycles. The van der Waals surface area contributed by atoms with Crippen LogP contribution in [0.25, 0.3) is 0 Å². The van der Waals surface area contributed by atoms with Crippen molar-refractivity contribution < 1.29 is 9.47 Å². The van der Waals surface area contributed by atoms with Gasteiger partial charge in [-0.05, 0) is 19.1 Å². The molecule has 3 nitrogen and oxygen atoms in total. The summed E-state index contributed by atoms with van der Waals surface area (Å²) < 4.78 is 11.4. The molecule has 0 saturated carbocycles. The Kier molecular flexibility index (Phi) is 3.42. The fourth-order valence-corrected chi connectivity index (χ4v) is 1.98. The van der Waals surface area contributed by atoms with Crippen LogP contribution in [0, 0.1) is 0 Å². The Hall–Kier alpha value is -0.320. The first kappa shape index (κ1) is 12.1. The van der Waals surface area contributed by atoms with Crippen LogP contribution >= 0.6 is 23.2 Å². The average Bonchev–Trinajstić information content (AvgIpc) is 2.66. The van der Waals surface area contributed by atoms with Crippen molar-refractivity contribution >= 4 is 23.2 Å². The van der Waals surface area contributed by atoms with E-state index in [-0.39, 0.29) is 6.10 Å². The minimum absolute atomic E-state index is 0.0700. The van der Waals surface area contributed by atoms with Crippen LogP contribution in [-0.2, 0) is 15.3 Å². The molecule has 1 saturated heterocycles. The topological polar surface area (TPSA) is 44.5 Å². The van der Waals surface area contributed by atoms with E-state index in [1.165, 1.54) is 0 Å². The number of hydrogen-bond acceptors (Lipinski definition) is 3. The predicted octanol–water partition coefficient (Wildman–Crippen LogP) is 2.54. The van der Waals surface area contributed by atoms with Crippen LogP contribution in [0.3, 0.4) is 0 Å². The Balaban J connectivity index is 2.27. The van der Waals surface area contributed by atoms with Gasteiger partial charge in [0.25, 0.3) is 0 Å². The molecule has 0 aliphatic carbocycles. The second kappa shape index (κ2) is 4.51. The summed E-state index contributed by atoms with van der Waals surface area (Å²) in [4.78, 5) is 0. The Labute approximate surface area is 104 Å². The van der Waals surface area contributed by atoms with Crippen LogP contribution in [0.1, 0.15) is 12.5 Å². The number of nitrogens with two attached hydrogens (primary N) is 1. The molecule has 0 radical (unpaired) electrons. The van der Waals surface area contributed by atoms with Crippen LogP contribution in [0.5, 0.6) is 0 Å². The third-order valence-corrected chi connectivity index (χ3v) is 3.38. The van der Waals surface area contributed by atoms with Crippen molar-refractivity contribution in [2.45, 2.75) is 18.8 Å². The first-order valence-electron chi connectivity index (χ1n) is 5.02. The fourth-order valence-electron chi connectivity index (χ4n) is 1.68. The van der Waals surface area contributed by atoms with Gasteiger partial charge in [-0.25, -0.2) is 0 Å². The minimum atomic E-state index is -0.779. The zero-order valence-corrected chi connectivity index (χ0v) is 10.4. The number of rotatable bonds is 2. The van der Waals surface area contributed by atoms with E-state index in [1.807, 2.05) is 13.0 Å². The molecule has 88 valence electrons. The molecule has 1 aliphatic heterocycles. The van der Waals surface area contributed by atoms with Crippen LogP contribution in [0.15, 0.2) is 18.2 Å². The van der Waals surface area contributed by atoms with Crippen molar-refractivity contribution in [2.75, 3.05) is 13.2 Å². The van der Waals surface area contributed by atoms with Gasteiger partial charge >= 0.3 is 0 Å². The van der Waals surface area contributed by atoms with E-state index in [2.05, 4.69) is 0 Å². The highest BCUT2D eigenvalue weighted by Crippen LogP contribution is 2.36. The van der Waals surface area contributed by atoms with E-state index in [0.717, 1.165) is 5.56 Å². The highest BCUT2D eigenvalue weighted by molar-refractivity contribution is 6.42. The van der Waals surface area contributed by atoms with Crippen molar-refractivity contribution in [1.29, 1.82) is 0 Å². The molecule has 2 N–H and O–H groups in total. The van der Waals surface area contributed by atoms with E-state index in [0.29, 0.717) is 23.2 Å². The maximum Gasteiger partial charge on any atom is 0.192 e. The maximum atomic E-state index is 5.96. The normalized spacial score (nSPS) is 29.6. The third kappa shape index (κ3) is 2.19. The molecule has 1 heterocycles. The Morgan fingerprint density at radius 3 is 2.75 bits per heavy atom. The number of halogens is 2. The van der Waals surface area contributed by atoms with Crippen molar-refractivity contribution in [3.63, 3.8) is 0 Å². The summed E-state index contributed by atoms with van der Waals surface area (Å²) >= 11 is 11.8. The number of ether oxygens (including phenoxy) is 2. The Bertz CT molecular complexity index is 400. The molecular formula is C11H13Cl2NO2. The molecule has 0 spiro atoms. The first-order chi connectivity index (χ1) is 7.55. The number of hydrogen-bond donors (Lipinski definition) is 1. The summed E-state index contributed by atoms with van der Waals surface area (Å²) in [6.07, 6.45) is -0.0700. The third-order valence-electron chi connectivity index (χ3n) is 2.64. The molecule has 1 aromatic rings. The average molecular weight is 262 g/mol. The smallest absolute Gasteiger partial charge is 0.192 e. The SMILES string of the molecule is CC1(c2ccc(Cl)c(Cl)c2)OCC(CN)O1. The lowest BCUT2D eigenvalue weighted by Gasteiger charge is -2.24. The van der Waals surface area contributed by atoms with Gasteiger partial charge in [-0.15, -0.1) is 0 Å². The maximum absolute atomic E-state index is 5.96. The zero-order chi connectivity index (χ0) is 11.8. The molecule has 2 unspecified atom stereocenters. The molecule has 1 aliphatic rings. The summed E-state index contributed by atoms with van der Waals surface area (Å²) in [5.74, 6) is -0.779. The van der Waals surface area contributed by atoms with E-state index in [4.69, 9.17) is 38.4 Å². The summed E-state index contributed by atoms with van der Waals surface area (Å²) in [5.41, 5.74) is 6.38. The minimum Gasteiger partial charge on any atom is -0.343 e. The van der Waals surface area contributed by atoms with E-state index < -0.39 is 5.79 Å². The van der Waals surface area contributed by atoms with Crippen molar-refractivity contribution in [1.82, 2.24) is 0 Å². The lowest BCUT2D eigenvalue weighted by Crippen LogP contribution is -2.27. The van der Waals surface area contributed by atoms with Gasteiger partial charge in [0, 0.05) is 12.1 Å². The largest absolute Gasteiger partial charge is 0.343 e. The van der Waals surface area contributed by atoms with Gasteiger partial charge in [0.1, 0.15) is 0 Å². The van der Waals surface area contributed by atoms with Gasteiger partial charge in [0.15, 0.2) is 5.79 Å².